The van der Waals surface area contributed by atoms with Gasteiger partial charge in [0.05, 0.1) is 0 Å². The van der Waals surface area contributed by atoms with Gasteiger partial charge in [-0.2, -0.15) is 0 Å². The first-order valence-electron chi connectivity index (χ1n) is 6.58. The van der Waals surface area contributed by atoms with Crippen molar-refractivity contribution in [3.05, 3.63) is 0 Å². The van der Waals surface area contributed by atoms with E-state index in [9.17, 15) is 4.79 Å². The summed E-state index contributed by atoms with van der Waals surface area (Å²) in [6.45, 7) is 1.66. The number of amides is 2. The second-order valence-corrected chi connectivity index (χ2v) is 5.00. The van der Waals surface area contributed by atoms with Crippen LogP contribution in [0.5, 0.6) is 0 Å². The molecule has 1 aliphatic heterocycles. The topological polar surface area (TPSA) is 58.4 Å². The molecule has 3 N–H and O–H groups in total. The monoisotopic (exact) mass is 225 g/mol. The minimum absolute atomic E-state index is 0.157. The van der Waals surface area contributed by atoms with E-state index in [1.807, 2.05) is 4.90 Å². The largest absolute Gasteiger partial charge is 0.335 e. The van der Waals surface area contributed by atoms with Crippen LogP contribution in [0.4, 0.5) is 4.79 Å². The van der Waals surface area contributed by atoms with Gasteiger partial charge >= 0.3 is 6.03 Å². The number of nitrogens with two attached hydrogens (primary N) is 1. The second-order valence-electron chi connectivity index (χ2n) is 5.00. The number of carbonyl (C=O) groups is 1. The fourth-order valence-electron chi connectivity index (χ4n) is 2.57. The summed E-state index contributed by atoms with van der Waals surface area (Å²) in [5.41, 5.74) is 5.52. The number of carbonyl (C=O) groups excluding carboxylic acids is 1. The summed E-state index contributed by atoms with van der Waals surface area (Å²) in [6.07, 6.45) is 7.97. The second kappa shape index (κ2) is 5.53. The fourth-order valence-corrected chi connectivity index (χ4v) is 2.57. The van der Waals surface area contributed by atoms with E-state index in [0.717, 1.165) is 51.6 Å². The van der Waals surface area contributed by atoms with E-state index in [-0.39, 0.29) is 6.03 Å². The van der Waals surface area contributed by atoms with Crippen LogP contribution < -0.4 is 11.1 Å². The molecule has 0 aromatic rings. The van der Waals surface area contributed by atoms with E-state index in [4.69, 9.17) is 5.73 Å². The fraction of sp³-hybridized carbons (Fsp3) is 0.917. The van der Waals surface area contributed by atoms with E-state index in [2.05, 4.69) is 5.32 Å². The van der Waals surface area contributed by atoms with Gasteiger partial charge in [-0.1, -0.05) is 0 Å². The minimum atomic E-state index is 0.157. The van der Waals surface area contributed by atoms with Crippen molar-refractivity contribution < 1.29 is 4.79 Å². The third-order valence-electron chi connectivity index (χ3n) is 3.81. The standard InChI is InChI=1S/C12H23N3O/c13-8-2-6-11-7-3-9-15(11)12(16)14-10-4-1-5-10/h10-11H,1-9,13H2,(H,14,16). The smallest absolute Gasteiger partial charge is 0.317 e. The summed E-state index contributed by atoms with van der Waals surface area (Å²) in [4.78, 5) is 14.0. The number of hydrogen-bond donors (Lipinski definition) is 2. The normalized spacial score (nSPS) is 25.6. The van der Waals surface area contributed by atoms with Crippen molar-refractivity contribution in [1.82, 2.24) is 10.2 Å². The van der Waals surface area contributed by atoms with Crippen molar-refractivity contribution in [3.63, 3.8) is 0 Å². The first kappa shape index (κ1) is 11.7. The molecule has 2 fully saturated rings. The maximum atomic E-state index is 12.0. The Labute approximate surface area is 97.6 Å². The molecule has 2 aliphatic rings. The van der Waals surface area contributed by atoms with Gasteiger partial charge in [0.15, 0.2) is 0 Å². The zero-order chi connectivity index (χ0) is 11.4. The summed E-state index contributed by atoms with van der Waals surface area (Å²) >= 11 is 0. The van der Waals surface area contributed by atoms with Crippen LogP contribution in [0, 0.1) is 0 Å². The summed E-state index contributed by atoms with van der Waals surface area (Å²) in [5, 5.41) is 3.12. The van der Waals surface area contributed by atoms with Gasteiger partial charge in [-0.15, -0.1) is 0 Å². The van der Waals surface area contributed by atoms with Gasteiger partial charge in [-0.3, -0.25) is 0 Å². The molecule has 1 saturated heterocycles. The molecule has 92 valence electrons. The zero-order valence-corrected chi connectivity index (χ0v) is 9.95. The van der Waals surface area contributed by atoms with Gasteiger partial charge in [0, 0.05) is 18.6 Å². The van der Waals surface area contributed by atoms with Gasteiger partial charge in [0.2, 0.25) is 0 Å². The van der Waals surface area contributed by atoms with E-state index in [1.54, 1.807) is 0 Å². The molecule has 1 atom stereocenters. The average Bonchev–Trinajstić information content (AvgIpc) is 2.68. The molecule has 2 amide bonds. The Bertz CT molecular complexity index is 240. The lowest BCUT2D eigenvalue weighted by atomic mass is 9.93. The molecule has 0 bridgehead atoms. The van der Waals surface area contributed by atoms with E-state index >= 15 is 0 Å². The molecular formula is C12H23N3O. The zero-order valence-electron chi connectivity index (χ0n) is 9.95. The van der Waals surface area contributed by atoms with Gasteiger partial charge in [-0.05, 0) is 51.5 Å². The first-order valence-corrected chi connectivity index (χ1v) is 6.58. The predicted molar refractivity (Wildman–Crippen MR) is 64.2 cm³/mol. The third-order valence-corrected chi connectivity index (χ3v) is 3.81. The Morgan fingerprint density at radius 3 is 2.75 bits per heavy atom. The molecule has 1 heterocycles. The number of nitrogens with zero attached hydrogens (tertiary/aromatic N) is 1. The number of urea groups is 1. The lowest BCUT2D eigenvalue weighted by molar-refractivity contribution is 0.178. The van der Waals surface area contributed by atoms with Crippen LogP contribution in [0.3, 0.4) is 0 Å². The Balaban J connectivity index is 1.78. The summed E-state index contributed by atoms with van der Waals surface area (Å²) < 4.78 is 0. The van der Waals surface area contributed by atoms with Gasteiger partial charge < -0.3 is 16.0 Å². The number of nitrogens with one attached hydrogen (secondary N) is 1. The van der Waals surface area contributed by atoms with Gasteiger partial charge in [0.1, 0.15) is 0 Å². The third kappa shape index (κ3) is 2.67. The quantitative estimate of drug-likeness (QED) is 0.761. The molecule has 4 heteroatoms. The highest BCUT2D eigenvalue weighted by atomic mass is 16.2. The summed E-state index contributed by atoms with van der Waals surface area (Å²) in [6, 6.07) is 1.04. The van der Waals surface area contributed by atoms with Crippen LogP contribution >= 0.6 is 0 Å². The molecule has 0 spiro atoms. The summed E-state index contributed by atoms with van der Waals surface area (Å²) in [7, 11) is 0. The first-order chi connectivity index (χ1) is 7.81. The highest BCUT2D eigenvalue weighted by Crippen LogP contribution is 2.23. The molecule has 16 heavy (non-hydrogen) atoms. The number of likely N-dealkylation sites (tertiary alicyclic amines) is 1. The molecular weight excluding hydrogens is 202 g/mol. The maximum Gasteiger partial charge on any atom is 0.317 e. The molecule has 0 aromatic carbocycles. The molecule has 1 unspecified atom stereocenters. The molecule has 1 saturated carbocycles. The lowest BCUT2D eigenvalue weighted by Crippen LogP contribution is -2.48. The van der Waals surface area contributed by atoms with Crippen LogP contribution in [-0.4, -0.2) is 36.1 Å². The van der Waals surface area contributed by atoms with Gasteiger partial charge in [-0.25, -0.2) is 4.79 Å². The van der Waals surface area contributed by atoms with Crippen LogP contribution in [0.25, 0.3) is 0 Å². The Morgan fingerprint density at radius 2 is 2.12 bits per heavy atom. The summed E-state index contributed by atoms with van der Waals surface area (Å²) in [5.74, 6) is 0. The van der Waals surface area contributed by atoms with Crippen molar-refractivity contribution in [2.75, 3.05) is 13.1 Å². The van der Waals surface area contributed by atoms with Crippen LogP contribution in [0.15, 0.2) is 0 Å². The number of rotatable bonds is 4. The minimum Gasteiger partial charge on any atom is -0.335 e. The van der Waals surface area contributed by atoms with Crippen molar-refractivity contribution in [2.45, 2.75) is 57.0 Å². The van der Waals surface area contributed by atoms with E-state index in [1.165, 1.54) is 6.42 Å². The van der Waals surface area contributed by atoms with E-state index < -0.39 is 0 Å². The van der Waals surface area contributed by atoms with Crippen LogP contribution in [0.2, 0.25) is 0 Å². The number of hydrogen-bond acceptors (Lipinski definition) is 2. The molecule has 0 aromatic heterocycles. The molecule has 0 radical (unpaired) electrons. The average molecular weight is 225 g/mol. The highest BCUT2D eigenvalue weighted by Gasteiger charge is 2.30. The SMILES string of the molecule is NCCCC1CCCN1C(=O)NC1CCC1. The van der Waals surface area contributed by atoms with Crippen molar-refractivity contribution >= 4 is 6.03 Å². The van der Waals surface area contributed by atoms with Crippen molar-refractivity contribution in [1.29, 1.82) is 0 Å². The Kier molecular flexibility index (Phi) is 4.04. The predicted octanol–water partition coefficient (Wildman–Crippen LogP) is 1.45. The Hall–Kier alpha value is -0.770. The van der Waals surface area contributed by atoms with Crippen LogP contribution in [0.1, 0.15) is 44.9 Å². The van der Waals surface area contributed by atoms with Crippen molar-refractivity contribution in [2.24, 2.45) is 5.73 Å². The van der Waals surface area contributed by atoms with Crippen LogP contribution in [-0.2, 0) is 0 Å². The molecule has 1 aliphatic carbocycles. The highest BCUT2D eigenvalue weighted by molar-refractivity contribution is 5.75. The maximum absolute atomic E-state index is 12.0. The van der Waals surface area contributed by atoms with Gasteiger partial charge in [0.25, 0.3) is 0 Å². The van der Waals surface area contributed by atoms with E-state index in [0.29, 0.717) is 12.1 Å². The Morgan fingerprint density at radius 1 is 1.31 bits per heavy atom. The lowest BCUT2D eigenvalue weighted by Gasteiger charge is -2.31. The van der Waals surface area contributed by atoms with Crippen molar-refractivity contribution in [3.8, 4) is 0 Å². The molecule has 2 rings (SSSR count). The molecule has 4 nitrogen and oxygen atoms in total.